The molecule has 0 fully saturated rings. The highest BCUT2D eigenvalue weighted by Gasteiger charge is 2.10. The summed E-state index contributed by atoms with van der Waals surface area (Å²) in [7, 11) is 0. The molecule has 0 spiro atoms. The van der Waals surface area contributed by atoms with E-state index in [0.717, 1.165) is 6.54 Å². The Morgan fingerprint density at radius 3 is 2.87 bits per heavy atom. The fourth-order valence-electron chi connectivity index (χ4n) is 1.22. The summed E-state index contributed by atoms with van der Waals surface area (Å²) in [5.74, 6) is 0.186. The van der Waals surface area contributed by atoms with E-state index in [1.807, 2.05) is 0 Å². The smallest absolute Gasteiger partial charge is 0.196 e. The zero-order valence-corrected chi connectivity index (χ0v) is 9.33. The van der Waals surface area contributed by atoms with E-state index < -0.39 is 0 Å². The highest BCUT2D eigenvalue weighted by Crippen LogP contribution is 2.24. The third kappa shape index (κ3) is 2.73. The number of aliphatic imine (C=N–C) groups is 1. The number of rotatable bonds is 1. The molecule has 0 saturated heterocycles. The average Bonchev–Trinajstić information content (AvgIpc) is 2.64. The van der Waals surface area contributed by atoms with Gasteiger partial charge in [0.25, 0.3) is 0 Å². The van der Waals surface area contributed by atoms with E-state index in [2.05, 4.69) is 15.6 Å². The number of halogens is 3. The molecule has 6 heteroatoms. The van der Waals surface area contributed by atoms with Crippen molar-refractivity contribution in [1.82, 2.24) is 5.32 Å². The minimum atomic E-state index is -0.381. The van der Waals surface area contributed by atoms with Crippen molar-refractivity contribution in [2.24, 2.45) is 4.99 Å². The summed E-state index contributed by atoms with van der Waals surface area (Å²) in [6.45, 7) is 1.48. The lowest BCUT2D eigenvalue weighted by atomic mass is 10.3. The van der Waals surface area contributed by atoms with E-state index >= 15 is 0 Å². The molecule has 0 bridgehead atoms. The highest BCUT2D eigenvalue weighted by molar-refractivity contribution is 6.33. The van der Waals surface area contributed by atoms with Gasteiger partial charge in [0, 0.05) is 6.54 Å². The van der Waals surface area contributed by atoms with Gasteiger partial charge < -0.3 is 10.6 Å². The standard InChI is InChI=1S/C9H9ClFN3.ClH/c10-6-2-1-3-7(11)8(6)14-9-12-4-5-13-9;/h1-3H,4-5H2,(H2,12,13,14);1H. The number of benzene rings is 1. The molecule has 15 heavy (non-hydrogen) atoms. The minimum Gasteiger partial charge on any atom is -0.354 e. The Morgan fingerprint density at radius 1 is 1.47 bits per heavy atom. The molecule has 2 N–H and O–H groups in total. The molecule has 0 aromatic heterocycles. The van der Waals surface area contributed by atoms with Crippen LogP contribution in [0, 0.1) is 5.82 Å². The molecule has 1 aliphatic heterocycles. The van der Waals surface area contributed by atoms with E-state index in [1.165, 1.54) is 6.07 Å². The van der Waals surface area contributed by atoms with Crippen LogP contribution in [0.4, 0.5) is 10.1 Å². The van der Waals surface area contributed by atoms with Gasteiger partial charge in [-0.15, -0.1) is 12.4 Å². The second kappa shape index (κ2) is 5.19. The normalized spacial score (nSPS) is 13.9. The average molecular weight is 250 g/mol. The first-order valence-corrected chi connectivity index (χ1v) is 4.64. The van der Waals surface area contributed by atoms with Crippen molar-refractivity contribution in [2.45, 2.75) is 0 Å². The molecule has 0 saturated carbocycles. The monoisotopic (exact) mass is 249 g/mol. The van der Waals surface area contributed by atoms with Crippen molar-refractivity contribution in [3.8, 4) is 0 Å². The first-order valence-electron chi connectivity index (χ1n) is 4.27. The Hall–Kier alpha value is -1.00. The summed E-state index contributed by atoms with van der Waals surface area (Å²) < 4.78 is 13.3. The molecule has 1 aliphatic rings. The maximum atomic E-state index is 13.3. The second-order valence-corrected chi connectivity index (χ2v) is 3.29. The van der Waals surface area contributed by atoms with Crippen LogP contribution in [-0.4, -0.2) is 19.0 Å². The number of nitrogens with one attached hydrogen (secondary N) is 2. The van der Waals surface area contributed by atoms with Gasteiger partial charge in [-0.25, -0.2) is 4.39 Å². The summed E-state index contributed by atoms with van der Waals surface area (Å²) in [5.41, 5.74) is 0.266. The van der Waals surface area contributed by atoms with E-state index in [-0.39, 0.29) is 23.9 Å². The topological polar surface area (TPSA) is 36.4 Å². The van der Waals surface area contributed by atoms with E-state index in [0.29, 0.717) is 17.5 Å². The van der Waals surface area contributed by atoms with Crippen LogP contribution in [0.15, 0.2) is 23.2 Å². The van der Waals surface area contributed by atoms with Gasteiger partial charge in [0.2, 0.25) is 0 Å². The van der Waals surface area contributed by atoms with E-state index in [1.54, 1.807) is 12.1 Å². The van der Waals surface area contributed by atoms with E-state index in [4.69, 9.17) is 11.6 Å². The Labute approximate surface area is 98.1 Å². The van der Waals surface area contributed by atoms with Crippen molar-refractivity contribution in [3.63, 3.8) is 0 Å². The van der Waals surface area contributed by atoms with Crippen LogP contribution in [0.3, 0.4) is 0 Å². The first kappa shape index (κ1) is 12.1. The quantitative estimate of drug-likeness (QED) is 0.802. The Kier molecular flexibility index (Phi) is 4.17. The number of guanidine groups is 1. The third-order valence-electron chi connectivity index (χ3n) is 1.88. The van der Waals surface area contributed by atoms with Crippen LogP contribution < -0.4 is 10.6 Å². The fourth-order valence-corrected chi connectivity index (χ4v) is 1.43. The summed E-state index contributed by atoms with van der Waals surface area (Å²) in [4.78, 5) is 4.08. The predicted molar refractivity (Wildman–Crippen MR) is 62.6 cm³/mol. The van der Waals surface area contributed by atoms with Crippen molar-refractivity contribution in [3.05, 3.63) is 29.0 Å². The third-order valence-corrected chi connectivity index (χ3v) is 2.20. The van der Waals surface area contributed by atoms with Crippen molar-refractivity contribution < 1.29 is 4.39 Å². The Bertz CT molecular complexity index is 361. The number of hydrogen-bond donors (Lipinski definition) is 2. The van der Waals surface area contributed by atoms with Crippen LogP contribution in [-0.2, 0) is 0 Å². The fraction of sp³-hybridized carbons (Fsp3) is 0.222. The molecule has 3 nitrogen and oxygen atoms in total. The lowest BCUT2D eigenvalue weighted by molar-refractivity contribution is 0.632. The van der Waals surface area contributed by atoms with Gasteiger partial charge in [0.15, 0.2) is 5.96 Å². The van der Waals surface area contributed by atoms with Gasteiger partial charge in [0.1, 0.15) is 5.82 Å². The Balaban J connectivity index is 0.00000112. The van der Waals surface area contributed by atoms with Gasteiger partial charge >= 0.3 is 0 Å². The second-order valence-electron chi connectivity index (χ2n) is 2.88. The maximum Gasteiger partial charge on any atom is 0.196 e. The number of anilines is 1. The van der Waals surface area contributed by atoms with Gasteiger partial charge in [0.05, 0.1) is 17.3 Å². The molecule has 0 atom stereocenters. The summed E-state index contributed by atoms with van der Waals surface area (Å²) in [6, 6.07) is 4.54. The lowest BCUT2D eigenvalue weighted by Crippen LogP contribution is -2.26. The van der Waals surface area contributed by atoms with Gasteiger partial charge in [-0.1, -0.05) is 17.7 Å². The lowest BCUT2D eigenvalue weighted by Gasteiger charge is -2.08. The molecule has 0 radical (unpaired) electrons. The largest absolute Gasteiger partial charge is 0.354 e. The zero-order chi connectivity index (χ0) is 9.97. The van der Waals surface area contributed by atoms with Gasteiger partial charge in [-0.05, 0) is 12.1 Å². The van der Waals surface area contributed by atoms with Crippen LogP contribution in [0.5, 0.6) is 0 Å². The predicted octanol–water partition coefficient (Wildman–Crippen LogP) is 2.27. The maximum absolute atomic E-state index is 13.3. The highest BCUT2D eigenvalue weighted by atomic mass is 35.5. The van der Waals surface area contributed by atoms with Gasteiger partial charge in [-0.2, -0.15) is 0 Å². The molecule has 0 aliphatic carbocycles. The van der Waals surface area contributed by atoms with Crippen LogP contribution >= 0.6 is 24.0 Å². The molecule has 1 aromatic carbocycles. The van der Waals surface area contributed by atoms with Crippen molar-refractivity contribution in [1.29, 1.82) is 0 Å². The Morgan fingerprint density at radius 2 is 2.27 bits per heavy atom. The summed E-state index contributed by atoms with van der Waals surface area (Å²) >= 11 is 5.82. The molecular formula is C9H10Cl2FN3. The summed E-state index contributed by atoms with van der Waals surface area (Å²) in [6.07, 6.45) is 0. The van der Waals surface area contributed by atoms with Crippen LogP contribution in [0.2, 0.25) is 5.02 Å². The SMILES string of the molecule is Cl.Fc1cccc(Cl)c1NC1=NCCN1. The molecule has 2 rings (SSSR count). The molecule has 1 aromatic rings. The molecule has 1 heterocycles. The van der Waals surface area contributed by atoms with Gasteiger partial charge in [-0.3, -0.25) is 4.99 Å². The van der Waals surface area contributed by atoms with Crippen LogP contribution in [0.1, 0.15) is 0 Å². The van der Waals surface area contributed by atoms with Crippen molar-refractivity contribution in [2.75, 3.05) is 18.4 Å². The molecule has 0 amide bonds. The molecular weight excluding hydrogens is 240 g/mol. The number of hydrogen-bond acceptors (Lipinski definition) is 3. The first-order chi connectivity index (χ1) is 6.77. The summed E-state index contributed by atoms with van der Waals surface area (Å²) in [5, 5.41) is 6.13. The number of para-hydroxylation sites is 1. The van der Waals surface area contributed by atoms with Crippen LogP contribution in [0.25, 0.3) is 0 Å². The molecule has 82 valence electrons. The minimum absolute atomic E-state index is 0. The number of nitrogens with zero attached hydrogens (tertiary/aromatic N) is 1. The zero-order valence-electron chi connectivity index (χ0n) is 7.76. The van der Waals surface area contributed by atoms with Crippen molar-refractivity contribution >= 4 is 35.7 Å². The van der Waals surface area contributed by atoms with E-state index in [9.17, 15) is 4.39 Å². The molecule has 0 unspecified atom stereocenters.